The molecule has 0 atom stereocenters. The molecule has 3 N–H and O–H groups in total. The summed E-state index contributed by atoms with van der Waals surface area (Å²) in [6.45, 7) is 5.71. The number of amides is 1. The van der Waals surface area contributed by atoms with Crippen LogP contribution in [0.2, 0.25) is 0 Å². The standard InChI is InChI=1S/C10H17N3O2S/c1-10(2,3)12-8(15)5-13-7(6-14)4-11-9(13)16/h4,14H,5-6H2,1-3H3,(H,11,16)(H,12,15). The highest BCUT2D eigenvalue weighted by molar-refractivity contribution is 7.71. The van der Waals surface area contributed by atoms with E-state index >= 15 is 0 Å². The van der Waals surface area contributed by atoms with Gasteiger partial charge in [0.2, 0.25) is 5.91 Å². The van der Waals surface area contributed by atoms with Crippen LogP contribution < -0.4 is 5.32 Å². The second kappa shape index (κ2) is 4.80. The van der Waals surface area contributed by atoms with Gasteiger partial charge in [-0.1, -0.05) is 0 Å². The maximum Gasteiger partial charge on any atom is 0.240 e. The molecule has 16 heavy (non-hydrogen) atoms. The van der Waals surface area contributed by atoms with Gasteiger partial charge < -0.3 is 20.0 Å². The molecule has 1 aromatic rings. The SMILES string of the molecule is CC(C)(C)NC(=O)Cn1c(CO)c[nH]c1=S. The van der Waals surface area contributed by atoms with Gasteiger partial charge in [-0.2, -0.15) is 0 Å². The molecule has 1 aromatic heterocycles. The van der Waals surface area contributed by atoms with E-state index in [2.05, 4.69) is 10.3 Å². The fourth-order valence-corrected chi connectivity index (χ4v) is 1.58. The minimum Gasteiger partial charge on any atom is -0.390 e. The molecule has 0 radical (unpaired) electrons. The highest BCUT2D eigenvalue weighted by Crippen LogP contribution is 2.03. The van der Waals surface area contributed by atoms with Crippen molar-refractivity contribution >= 4 is 18.1 Å². The van der Waals surface area contributed by atoms with Crippen LogP contribution in [0.25, 0.3) is 0 Å². The molecule has 0 aliphatic rings. The fraction of sp³-hybridized carbons (Fsp3) is 0.600. The van der Waals surface area contributed by atoms with E-state index in [1.165, 1.54) is 0 Å². The number of aromatic nitrogens is 2. The van der Waals surface area contributed by atoms with Crippen LogP contribution in [-0.4, -0.2) is 26.1 Å². The Labute approximate surface area is 99.5 Å². The average Bonchev–Trinajstić information content (AvgIpc) is 2.44. The fourth-order valence-electron chi connectivity index (χ4n) is 1.34. The molecule has 1 amide bonds. The molecule has 0 saturated carbocycles. The Morgan fingerprint density at radius 3 is 2.75 bits per heavy atom. The van der Waals surface area contributed by atoms with Crippen LogP contribution in [0.4, 0.5) is 0 Å². The summed E-state index contributed by atoms with van der Waals surface area (Å²) in [4.78, 5) is 14.5. The number of carbonyl (C=O) groups is 1. The predicted octanol–water partition coefficient (Wildman–Crippen LogP) is 0.953. The molecule has 0 aliphatic heterocycles. The van der Waals surface area contributed by atoms with Crippen molar-refractivity contribution in [3.63, 3.8) is 0 Å². The second-order valence-electron chi connectivity index (χ2n) is 4.63. The lowest BCUT2D eigenvalue weighted by molar-refractivity contribution is -0.123. The molecule has 0 spiro atoms. The second-order valence-corrected chi connectivity index (χ2v) is 5.01. The zero-order chi connectivity index (χ0) is 12.3. The van der Waals surface area contributed by atoms with Crippen LogP contribution in [0.3, 0.4) is 0 Å². The van der Waals surface area contributed by atoms with Crippen molar-refractivity contribution in [2.24, 2.45) is 0 Å². The van der Waals surface area contributed by atoms with Crippen LogP contribution in [0.15, 0.2) is 6.20 Å². The van der Waals surface area contributed by atoms with Gasteiger partial charge in [-0.3, -0.25) is 4.79 Å². The van der Waals surface area contributed by atoms with Gasteiger partial charge in [0.1, 0.15) is 6.54 Å². The Balaban J connectivity index is 2.77. The van der Waals surface area contributed by atoms with E-state index in [0.29, 0.717) is 10.5 Å². The Morgan fingerprint density at radius 2 is 2.25 bits per heavy atom. The highest BCUT2D eigenvalue weighted by Gasteiger charge is 2.15. The lowest BCUT2D eigenvalue weighted by Gasteiger charge is -2.20. The van der Waals surface area contributed by atoms with E-state index in [0.717, 1.165) is 0 Å². The molecule has 0 aromatic carbocycles. The van der Waals surface area contributed by atoms with Crippen molar-refractivity contribution in [2.45, 2.75) is 39.5 Å². The summed E-state index contributed by atoms with van der Waals surface area (Å²) < 4.78 is 2.02. The first kappa shape index (κ1) is 12.9. The lowest BCUT2D eigenvalue weighted by atomic mass is 10.1. The number of aliphatic hydroxyl groups is 1. The number of aromatic amines is 1. The third-order valence-electron chi connectivity index (χ3n) is 1.93. The monoisotopic (exact) mass is 243 g/mol. The summed E-state index contributed by atoms with van der Waals surface area (Å²) >= 11 is 5.02. The van der Waals surface area contributed by atoms with Gasteiger partial charge in [-0.05, 0) is 33.0 Å². The Kier molecular flexibility index (Phi) is 3.88. The molecule has 1 heterocycles. The molecular weight excluding hydrogens is 226 g/mol. The molecular formula is C10H17N3O2S. The van der Waals surface area contributed by atoms with Gasteiger partial charge in [0, 0.05) is 11.7 Å². The zero-order valence-corrected chi connectivity index (χ0v) is 10.5. The molecule has 0 bridgehead atoms. The van der Waals surface area contributed by atoms with Crippen molar-refractivity contribution in [2.75, 3.05) is 0 Å². The zero-order valence-electron chi connectivity index (χ0n) is 9.70. The highest BCUT2D eigenvalue weighted by atomic mass is 32.1. The van der Waals surface area contributed by atoms with E-state index in [4.69, 9.17) is 17.3 Å². The van der Waals surface area contributed by atoms with Gasteiger partial charge in [0.15, 0.2) is 4.77 Å². The van der Waals surface area contributed by atoms with Crippen LogP contribution >= 0.6 is 12.2 Å². The number of aliphatic hydroxyl groups excluding tert-OH is 1. The third-order valence-corrected chi connectivity index (χ3v) is 2.27. The summed E-state index contributed by atoms with van der Waals surface area (Å²) in [5.41, 5.74) is 0.337. The Morgan fingerprint density at radius 1 is 1.62 bits per heavy atom. The quantitative estimate of drug-likeness (QED) is 0.692. The largest absolute Gasteiger partial charge is 0.390 e. The van der Waals surface area contributed by atoms with E-state index < -0.39 is 0 Å². The van der Waals surface area contributed by atoms with E-state index in [9.17, 15) is 4.79 Å². The van der Waals surface area contributed by atoms with E-state index in [1.807, 2.05) is 20.8 Å². The molecule has 0 fully saturated rings. The van der Waals surface area contributed by atoms with Crippen molar-refractivity contribution in [1.82, 2.24) is 14.9 Å². The summed E-state index contributed by atoms with van der Waals surface area (Å²) in [5.74, 6) is -0.127. The first-order valence-electron chi connectivity index (χ1n) is 5.02. The number of H-pyrrole nitrogens is 1. The van der Waals surface area contributed by atoms with E-state index in [1.54, 1.807) is 10.8 Å². The number of carbonyl (C=O) groups excluding carboxylic acids is 1. The third kappa shape index (κ3) is 3.46. The first-order chi connectivity index (χ1) is 7.33. The molecule has 6 heteroatoms. The van der Waals surface area contributed by atoms with E-state index in [-0.39, 0.29) is 24.6 Å². The minimum absolute atomic E-state index is 0.121. The average molecular weight is 243 g/mol. The Hall–Kier alpha value is -1.14. The van der Waals surface area contributed by atoms with Gasteiger partial charge in [0.05, 0.1) is 12.3 Å². The molecule has 0 saturated heterocycles. The number of hydrogen-bond acceptors (Lipinski definition) is 3. The molecule has 0 unspecified atom stereocenters. The summed E-state index contributed by atoms with van der Waals surface area (Å²) in [7, 11) is 0. The summed E-state index contributed by atoms with van der Waals surface area (Å²) in [6.07, 6.45) is 1.60. The van der Waals surface area contributed by atoms with Gasteiger partial charge >= 0.3 is 0 Å². The van der Waals surface area contributed by atoms with Gasteiger partial charge in [0.25, 0.3) is 0 Å². The van der Waals surface area contributed by atoms with Crippen molar-refractivity contribution in [3.05, 3.63) is 16.7 Å². The lowest BCUT2D eigenvalue weighted by Crippen LogP contribution is -2.42. The smallest absolute Gasteiger partial charge is 0.240 e. The number of imidazole rings is 1. The molecule has 90 valence electrons. The van der Waals surface area contributed by atoms with Crippen molar-refractivity contribution in [3.8, 4) is 0 Å². The maximum atomic E-state index is 11.7. The topological polar surface area (TPSA) is 70.1 Å². The minimum atomic E-state index is -0.269. The van der Waals surface area contributed by atoms with Gasteiger partial charge in [-0.25, -0.2) is 0 Å². The summed E-state index contributed by atoms with van der Waals surface area (Å²) in [5, 5.41) is 11.9. The first-order valence-corrected chi connectivity index (χ1v) is 5.43. The Bertz CT molecular complexity index is 428. The number of rotatable bonds is 3. The maximum absolute atomic E-state index is 11.7. The predicted molar refractivity (Wildman–Crippen MR) is 63.4 cm³/mol. The normalized spacial score (nSPS) is 11.5. The van der Waals surface area contributed by atoms with Crippen LogP contribution in [0.5, 0.6) is 0 Å². The number of hydrogen-bond donors (Lipinski definition) is 3. The van der Waals surface area contributed by atoms with Gasteiger partial charge in [-0.15, -0.1) is 0 Å². The van der Waals surface area contributed by atoms with Crippen molar-refractivity contribution in [1.29, 1.82) is 0 Å². The molecule has 5 nitrogen and oxygen atoms in total. The van der Waals surface area contributed by atoms with Crippen LogP contribution in [-0.2, 0) is 17.9 Å². The molecule has 0 aliphatic carbocycles. The van der Waals surface area contributed by atoms with Crippen LogP contribution in [0.1, 0.15) is 26.5 Å². The number of nitrogens with zero attached hydrogens (tertiary/aromatic N) is 1. The molecule has 1 rings (SSSR count). The summed E-state index contributed by atoms with van der Waals surface area (Å²) in [6, 6.07) is 0. The van der Waals surface area contributed by atoms with Crippen LogP contribution in [0, 0.1) is 4.77 Å². The number of nitrogens with one attached hydrogen (secondary N) is 2. The van der Waals surface area contributed by atoms with Crippen molar-refractivity contribution < 1.29 is 9.90 Å².